The number of methoxy groups -OCH3 is 2. The number of aryl methyl sites for hydroxylation is 2. The smallest absolute Gasteiger partial charge is 0.323 e. The van der Waals surface area contributed by atoms with Crippen molar-refractivity contribution in [2.45, 2.75) is 42.5 Å². The van der Waals surface area contributed by atoms with E-state index < -0.39 is 54.5 Å². The second-order valence-electron chi connectivity index (χ2n) is 8.29. The molecule has 33 heavy (non-hydrogen) atoms. The fraction of sp³-hybridized carbons (Fsp3) is 0.435. The van der Waals surface area contributed by atoms with Gasteiger partial charge in [-0.3, -0.25) is 10.1 Å². The predicted molar refractivity (Wildman–Crippen MR) is 125 cm³/mol. The molecule has 0 aromatic heterocycles. The third kappa shape index (κ3) is 5.56. The molecular formula is C23H29NO7S2. The number of ether oxygens (including phenoxy) is 2. The van der Waals surface area contributed by atoms with Crippen molar-refractivity contribution in [1.29, 1.82) is 0 Å². The fourth-order valence-corrected chi connectivity index (χ4v) is 8.95. The van der Waals surface area contributed by atoms with Crippen molar-refractivity contribution in [3.63, 3.8) is 0 Å². The van der Waals surface area contributed by atoms with Gasteiger partial charge < -0.3 is 9.47 Å². The number of carbonyl (C=O) groups excluding carboxylic acids is 1. The van der Waals surface area contributed by atoms with Gasteiger partial charge in [0.05, 0.1) is 31.0 Å². The first kappa shape index (κ1) is 25.2. The van der Waals surface area contributed by atoms with Crippen molar-refractivity contribution in [2.75, 3.05) is 25.7 Å². The monoisotopic (exact) mass is 495 g/mol. The first-order valence-corrected chi connectivity index (χ1v) is 13.8. The lowest BCUT2D eigenvalue weighted by atomic mass is 10.0. The van der Waals surface area contributed by atoms with Gasteiger partial charge in [-0.25, -0.2) is 16.8 Å². The zero-order valence-corrected chi connectivity index (χ0v) is 20.7. The Morgan fingerprint density at radius 1 is 1.09 bits per heavy atom. The van der Waals surface area contributed by atoms with E-state index >= 15 is 0 Å². The number of sulfone groups is 2. The molecule has 0 aliphatic carbocycles. The lowest BCUT2D eigenvalue weighted by Crippen LogP contribution is -2.51. The number of benzene rings is 2. The van der Waals surface area contributed by atoms with E-state index in [0.717, 1.165) is 16.7 Å². The molecule has 10 heteroatoms. The Labute approximate surface area is 195 Å². The van der Waals surface area contributed by atoms with Crippen LogP contribution in [-0.4, -0.2) is 65.9 Å². The van der Waals surface area contributed by atoms with E-state index in [1.807, 2.05) is 37.3 Å². The number of carbonyl (C=O) groups is 1. The lowest BCUT2D eigenvalue weighted by molar-refractivity contribution is -0.143. The van der Waals surface area contributed by atoms with Crippen molar-refractivity contribution in [2.24, 2.45) is 0 Å². The summed E-state index contributed by atoms with van der Waals surface area (Å²) < 4.78 is 62.6. The van der Waals surface area contributed by atoms with Crippen molar-refractivity contribution >= 4 is 25.6 Å². The van der Waals surface area contributed by atoms with Gasteiger partial charge in [-0.2, -0.15) is 0 Å². The highest BCUT2D eigenvalue weighted by molar-refractivity contribution is 7.96. The maximum absolute atomic E-state index is 13.7. The number of hydrogen-bond donors (Lipinski definition) is 1. The van der Waals surface area contributed by atoms with Crippen LogP contribution in [0.5, 0.6) is 5.75 Å². The van der Waals surface area contributed by atoms with Crippen LogP contribution in [0.4, 0.5) is 0 Å². The van der Waals surface area contributed by atoms with Gasteiger partial charge in [-0.05, 0) is 49.1 Å². The molecule has 1 aliphatic heterocycles. The molecule has 2 aromatic carbocycles. The van der Waals surface area contributed by atoms with Gasteiger partial charge in [0.25, 0.3) is 0 Å². The molecular weight excluding hydrogens is 466 g/mol. The molecule has 3 atom stereocenters. The third-order valence-electron chi connectivity index (χ3n) is 5.97. The first-order valence-electron chi connectivity index (χ1n) is 10.5. The van der Waals surface area contributed by atoms with Crippen LogP contribution in [0.1, 0.15) is 16.7 Å². The molecule has 0 unspecified atom stereocenters. The summed E-state index contributed by atoms with van der Waals surface area (Å²) in [7, 11) is -5.16. The molecule has 0 radical (unpaired) electrons. The molecule has 3 rings (SSSR count). The minimum atomic E-state index is -4.11. The normalized spacial score (nSPS) is 20.8. The summed E-state index contributed by atoms with van der Waals surface area (Å²) in [5, 5.41) is 1.71. The Hall–Kier alpha value is -2.43. The summed E-state index contributed by atoms with van der Waals surface area (Å²) >= 11 is 0. The maximum atomic E-state index is 13.7. The van der Waals surface area contributed by atoms with E-state index in [2.05, 4.69) is 5.32 Å². The summed E-state index contributed by atoms with van der Waals surface area (Å²) in [6.07, 6.45) is 0.226. The molecule has 0 bridgehead atoms. The highest BCUT2D eigenvalue weighted by atomic mass is 32.2. The van der Waals surface area contributed by atoms with Crippen LogP contribution in [-0.2, 0) is 35.6 Å². The number of esters is 1. The molecule has 0 spiro atoms. The molecule has 0 amide bonds. The molecule has 180 valence electrons. The summed E-state index contributed by atoms with van der Waals surface area (Å²) in [4.78, 5) is 12.4. The molecule has 0 saturated carbocycles. The summed E-state index contributed by atoms with van der Waals surface area (Å²) in [6, 6.07) is 10.4. The average molecular weight is 496 g/mol. The quantitative estimate of drug-likeness (QED) is 0.550. The van der Waals surface area contributed by atoms with Crippen LogP contribution in [0.2, 0.25) is 0 Å². The van der Waals surface area contributed by atoms with Crippen molar-refractivity contribution in [3.8, 4) is 5.75 Å². The van der Waals surface area contributed by atoms with Crippen LogP contribution in [0.3, 0.4) is 0 Å². The highest BCUT2D eigenvalue weighted by Gasteiger charge is 2.48. The predicted octanol–water partition coefficient (Wildman–Crippen LogP) is 1.63. The molecule has 1 saturated heterocycles. The van der Waals surface area contributed by atoms with Crippen LogP contribution in [0.25, 0.3) is 0 Å². The van der Waals surface area contributed by atoms with Gasteiger partial charge in [-0.15, -0.1) is 0 Å². The van der Waals surface area contributed by atoms with E-state index in [-0.39, 0.29) is 17.1 Å². The highest BCUT2D eigenvalue weighted by Crippen LogP contribution is 2.34. The second kappa shape index (κ2) is 9.82. The minimum Gasteiger partial charge on any atom is -0.495 e. The molecule has 1 N–H and O–H groups in total. The maximum Gasteiger partial charge on any atom is 0.323 e. The van der Waals surface area contributed by atoms with Crippen molar-refractivity contribution in [3.05, 3.63) is 59.2 Å². The largest absolute Gasteiger partial charge is 0.495 e. The van der Waals surface area contributed by atoms with Crippen LogP contribution in [0, 0.1) is 13.8 Å². The fourth-order valence-electron chi connectivity index (χ4n) is 4.05. The molecule has 8 nitrogen and oxygen atoms in total. The molecule has 1 aliphatic rings. The second-order valence-corrected chi connectivity index (χ2v) is 12.6. The summed E-state index contributed by atoms with van der Waals surface area (Å²) in [5.41, 5.74) is 2.43. The van der Waals surface area contributed by atoms with Crippen LogP contribution in [0.15, 0.2) is 47.4 Å². The number of nitrogens with one attached hydrogen (secondary N) is 1. The van der Waals surface area contributed by atoms with E-state index in [1.54, 1.807) is 13.0 Å². The van der Waals surface area contributed by atoms with Gasteiger partial charge in [0.2, 0.25) is 0 Å². The zero-order chi connectivity index (χ0) is 24.4. The topological polar surface area (TPSA) is 116 Å². The Morgan fingerprint density at radius 3 is 2.33 bits per heavy atom. The Kier molecular flexibility index (Phi) is 7.50. The molecule has 1 fully saturated rings. The Morgan fingerprint density at radius 2 is 1.73 bits per heavy atom. The number of hydrogen-bond acceptors (Lipinski definition) is 8. The van der Waals surface area contributed by atoms with Crippen molar-refractivity contribution < 1.29 is 31.1 Å². The third-order valence-corrected chi connectivity index (χ3v) is 10.1. The lowest BCUT2D eigenvalue weighted by Gasteiger charge is -2.25. The minimum absolute atomic E-state index is 0.0559. The average Bonchev–Trinajstić information content (AvgIpc) is 3.09. The van der Waals surface area contributed by atoms with E-state index in [9.17, 15) is 21.6 Å². The summed E-state index contributed by atoms with van der Waals surface area (Å²) in [5.74, 6) is -1.37. The van der Waals surface area contributed by atoms with E-state index in [4.69, 9.17) is 9.47 Å². The number of rotatable bonds is 8. The van der Waals surface area contributed by atoms with Gasteiger partial charge in [0.1, 0.15) is 16.7 Å². The zero-order valence-electron chi connectivity index (χ0n) is 19.1. The van der Waals surface area contributed by atoms with Crippen molar-refractivity contribution in [1.82, 2.24) is 5.32 Å². The van der Waals surface area contributed by atoms with Gasteiger partial charge in [0, 0.05) is 6.04 Å². The Bertz CT molecular complexity index is 1220. The SMILES string of the molecule is COC(=O)[C@H](Cc1ccccc1)N[C@H]1CS(=O)(=O)C[C@@H]1S(=O)(=O)c1cc(C)c(C)cc1OC. The standard InChI is InChI=1S/C23H29NO7S2/c1-15-10-20(30-3)21(11-16(15)2)33(28,29)22-14-32(26,27)13-19(22)24-18(23(25)31-4)12-17-8-6-5-7-9-17/h5-11,18-19,22,24H,12-14H2,1-4H3/t18-,19-,22-/m0/s1. The Balaban J connectivity index is 1.99. The van der Waals surface area contributed by atoms with Gasteiger partial charge in [0.15, 0.2) is 19.7 Å². The first-order chi connectivity index (χ1) is 15.5. The van der Waals surface area contributed by atoms with E-state index in [0.29, 0.717) is 0 Å². The van der Waals surface area contributed by atoms with Gasteiger partial charge in [-0.1, -0.05) is 30.3 Å². The van der Waals surface area contributed by atoms with Gasteiger partial charge >= 0.3 is 5.97 Å². The van der Waals surface area contributed by atoms with Crippen LogP contribution >= 0.6 is 0 Å². The molecule has 2 aromatic rings. The van der Waals surface area contributed by atoms with Crippen LogP contribution < -0.4 is 10.1 Å². The molecule has 1 heterocycles. The van der Waals surface area contributed by atoms with E-state index in [1.165, 1.54) is 20.3 Å². The summed E-state index contributed by atoms with van der Waals surface area (Å²) in [6.45, 7) is 3.62.